The fourth-order valence-electron chi connectivity index (χ4n) is 4.27. The molecular formula is C24H35N3O4. The second-order valence-electron chi connectivity index (χ2n) is 9.44. The van der Waals surface area contributed by atoms with Gasteiger partial charge in [0.25, 0.3) is 5.91 Å². The van der Waals surface area contributed by atoms with Gasteiger partial charge in [0.1, 0.15) is 12.2 Å². The lowest BCUT2D eigenvalue weighted by molar-refractivity contribution is -0.125. The first-order valence-electron chi connectivity index (χ1n) is 10.7. The Kier molecular flexibility index (Phi) is 7.52. The first kappa shape index (κ1) is 24.4. The molecule has 1 heterocycles. The fraction of sp³-hybridized carbons (Fsp3) is 0.542. The van der Waals surface area contributed by atoms with Crippen LogP contribution in [0, 0.1) is 19.8 Å². The highest BCUT2D eigenvalue weighted by Gasteiger charge is 2.34. The minimum absolute atomic E-state index is 0.0517. The van der Waals surface area contributed by atoms with Crippen LogP contribution in [0.25, 0.3) is 0 Å². The molecule has 0 saturated carbocycles. The molecule has 7 nitrogen and oxygen atoms in total. The van der Waals surface area contributed by atoms with Crippen LogP contribution in [0.5, 0.6) is 0 Å². The van der Waals surface area contributed by atoms with Crippen molar-refractivity contribution in [2.75, 3.05) is 6.54 Å². The predicted octanol–water partition coefficient (Wildman–Crippen LogP) is 3.54. The van der Waals surface area contributed by atoms with Gasteiger partial charge in [-0.05, 0) is 65.5 Å². The van der Waals surface area contributed by atoms with Gasteiger partial charge in [-0.1, -0.05) is 36.2 Å². The van der Waals surface area contributed by atoms with E-state index < -0.39 is 17.5 Å². The number of nitrogens with one attached hydrogen (secondary N) is 2. The van der Waals surface area contributed by atoms with Gasteiger partial charge in [0.2, 0.25) is 5.91 Å². The van der Waals surface area contributed by atoms with Crippen LogP contribution in [-0.2, 0) is 16.0 Å². The van der Waals surface area contributed by atoms with Gasteiger partial charge in [0.05, 0.1) is 0 Å². The molecule has 31 heavy (non-hydrogen) atoms. The van der Waals surface area contributed by atoms with E-state index in [9.17, 15) is 19.5 Å². The molecule has 0 saturated heterocycles. The summed E-state index contributed by atoms with van der Waals surface area (Å²) in [6.45, 7) is 12.9. The molecule has 0 aromatic heterocycles. The Hall–Kier alpha value is -2.83. The molecule has 170 valence electrons. The molecule has 2 rings (SSSR count). The highest BCUT2D eigenvalue weighted by atomic mass is 16.4. The molecule has 7 heteroatoms. The summed E-state index contributed by atoms with van der Waals surface area (Å²) in [6, 6.07) is 6.23. The Morgan fingerprint density at radius 2 is 1.74 bits per heavy atom. The first-order valence-corrected chi connectivity index (χ1v) is 10.7. The maximum atomic E-state index is 12.8. The van der Waals surface area contributed by atoms with Crippen LogP contribution in [0.2, 0.25) is 0 Å². The van der Waals surface area contributed by atoms with Crippen molar-refractivity contribution in [3.8, 4) is 0 Å². The van der Waals surface area contributed by atoms with E-state index in [0.29, 0.717) is 6.42 Å². The zero-order valence-electron chi connectivity index (χ0n) is 19.6. The molecule has 0 bridgehead atoms. The van der Waals surface area contributed by atoms with Crippen molar-refractivity contribution in [2.24, 2.45) is 5.92 Å². The van der Waals surface area contributed by atoms with Gasteiger partial charge in [0.15, 0.2) is 0 Å². The second-order valence-corrected chi connectivity index (χ2v) is 9.44. The van der Waals surface area contributed by atoms with Crippen molar-refractivity contribution >= 4 is 17.9 Å². The van der Waals surface area contributed by atoms with Gasteiger partial charge >= 0.3 is 6.09 Å². The van der Waals surface area contributed by atoms with Crippen LogP contribution in [-0.4, -0.2) is 46.0 Å². The Morgan fingerprint density at radius 3 is 2.23 bits per heavy atom. The molecule has 2 atom stereocenters. The summed E-state index contributed by atoms with van der Waals surface area (Å²) in [5, 5.41) is 15.2. The monoisotopic (exact) mass is 429 g/mol. The van der Waals surface area contributed by atoms with E-state index in [1.54, 1.807) is 20.8 Å². The van der Waals surface area contributed by atoms with E-state index in [1.807, 2.05) is 20.8 Å². The van der Waals surface area contributed by atoms with E-state index in [1.165, 1.54) is 0 Å². The van der Waals surface area contributed by atoms with E-state index in [4.69, 9.17) is 0 Å². The lowest BCUT2D eigenvalue weighted by Gasteiger charge is -2.35. The smallest absolute Gasteiger partial charge is 0.408 e. The minimum atomic E-state index is -1.18. The van der Waals surface area contributed by atoms with Crippen molar-refractivity contribution < 1.29 is 19.5 Å². The van der Waals surface area contributed by atoms with Gasteiger partial charge in [-0.15, -0.1) is 0 Å². The lowest BCUT2D eigenvalue weighted by Crippen LogP contribution is -2.53. The Bertz CT molecular complexity index is 878. The summed E-state index contributed by atoms with van der Waals surface area (Å²) in [7, 11) is 0. The molecule has 0 spiro atoms. The average Bonchev–Trinajstić information content (AvgIpc) is 2.61. The average molecular weight is 430 g/mol. The molecule has 0 aliphatic carbocycles. The maximum absolute atomic E-state index is 12.8. The topological polar surface area (TPSA) is 98.7 Å². The Balaban J connectivity index is 2.41. The molecule has 1 aliphatic rings. The SMILES string of the molecule is CCC1C(Cc2cc(C)cc(C)c2)=C(NC(=O)CN(C(=O)O)C(C)(C)C)C(=O)NC1C. The zero-order valence-corrected chi connectivity index (χ0v) is 19.6. The highest BCUT2D eigenvalue weighted by Crippen LogP contribution is 2.30. The Morgan fingerprint density at radius 1 is 1.16 bits per heavy atom. The van der Waals surface area contributed by atoms with Crippen LogP contribution >= 0.6 is 0 Å². The number of amides is 3. The molecule has 2 unspecified atom stereocenters. The van der Waals surface area contributed by atoms with Crippen molar-refractivity contribution in [3.63, 3.8) is 0 Å². The first-order chi connectivity index (χ1) is 14.3. The molecule has 0 fully saturated rings. The molecule has 1 aliphatic heterocycles. The number of nitrogens with zero attached hydrogens (tertiary/aromatic N) is 1. The number of carboxylic acid groups (broad SMARTS) is 1. The summed E-state index contributed by atoms with van der Waals surface area (Å²) < 4.78 is 0. The van der Waals surface area contributed by atoms with Gasteiger partial charge in [-0.3, -0.25) is 14.5 Å². The number of carbonyl (C=O) groups excluding carboxylic acids is 2. The standard InChI is InChI=1S/C24H35N3O4/c1-8-18-16(4)25-22(29)21(19(18)12-17-10-14(2)9-15(3)11-17)26-20(28)13-27(23(30)31)24(5,6)7/h9-11,16,18H,8,12-13H2,1-7H3,(H,25,29)(H,26,28)(H,30,31). The third kappa shape index (κ3) is 6.09. The van der Waals surface area contributed by atoms with Crippen LogP contribution in [0.4, 0.5) is 4.79 Å². The molecule has 0 radical (unpaired) electrons. The summed E-state index contributed by atoms with van der Waals surface area (Å²) in [4.78, 5) is 38.3. The number of hydrogen-bond acceptors (Lipinski definition) is 3. The fourth-order valence-corrected chi connectivity index (χ4v) is 4.27. The quantitative estimate of drug-likeness (QED) is 0.644. The summed E-state index contributed by atoms with van der Waals surface area (Å²) >= 11 is 0. The minimum Gasteiger partial charge on any atom is -0.465 e. The normalized spacial score (nSPS) is 19.1. The van der Waals surface area contributed by atoms with Crippen molar-refractivity contribution in [1.29, 1.82) is 0 Å². The molecular weight excluding hydrogens is 394 g/mol. The molecule has 3 N–H and O–H groups in total. The van der Waals surface area contributed by atoms with E-state index >= 15 is 0 Å². The number of hydrogen-bond donors (Lipinski definition) is 3. The largest absolute Gasteiger partial charge is 0.465 e. The zero-order chi connectivity index (χ0) is 23.5. The van der Waals surface area contributed by atoms with Crippen molar-refractivity contribution in [3.05, 3.63) is 46.2 Å². The van der Waals surface area contributed by atoms with Crippen LogP contribution < -0.4 is 10.6 Å². The number of aryl methyl sites for hydroxylation is 2. The van der Waals surface area contributed by atoms with Gasteiger partial charge in [0, 0.05) is 17.5 Å². The van der Waals surface area contributed by atoms with Crippen molar-refractivity contribution in [1.82, 2.24) is 15.5 Å². The predicted molar refractivity (Wildman–Crippen MR) is 121 cm³/mol. The van der Waals surface area contributed by atoms with Crippen molar-refractivity contribution in [2.45, 2.75) is 72.9 Å². The van der Waals surface area contributed by atoms with E-state index in [0.717, 1.165) is 33.6 Å². The third-order valence-electron chi connectivity index (χ3n) is 5.68. The van der Waals surface area contributed by atoms with Gasteiger partial charge in [-0.25, -0.2) is 4.79 Å². The van der Waals surface area contributed by atoms with E-state index in [-0.39, 0.29) is 30.1 Å². The van der Waals surface area contributed by atoms with Crippen LogP contribution in [0.1, 0.15) is 57.7 Å². The summed E-state index contributed by atoms with van der Waals surface area (Å²) in [5.41, 5.74) is 3.76. The lowest BCUT2D eigenvalue weighted by atomic mass is 9.81. The molecule has 1 aromatic carbocycles. The Labute approximate surface area is 184 Å². The van der Waals surface area contributed by atoms with E-state index in [2.05, 4.69) is 35.8 Å². The van der Waals surface area contributed by atoms with Crippen LogP contribution in [0.15, 0.2) is 29.5 Å². The van der Waals surface area contributed by atoms with Gasteiger partial charge in [-0.2, -0.15) is 0 Å². The number of benzene rings is 1. The van der Waals surface area contributed by atoms with Crippen LogP contribution in [0.3, 0.4) is 0 Å². The maximum Gasteiger partial charge on any atom is 0.408 e. The van der Waals surface area contributed by atoms with Gasteiger partial charge < -0.3 is 15.7 Å². The summed E-state index contributed by atoms with van der Waals surface area (Å²) in [6.07, 6.45) is 0.181. The molecule has 1 aromatic rings. The second kappa shape index (κ2) is 9.54. The highest BCUT2D eigenvalue weighted by molar-refractivity contribution is 6.00. The number of carbonyl (C=O) groups is 3. The summed E-state index contributed by atoms with van der Waals surface area (Å²) in [5.74, 6) is -0.778. The molecule has 3 amide bonds. The number of rotatable bonds is 6. The third-order valence-corrected chi connectivity index (χ3v) is 5.68.